The molecule has 0 unspecified atom stereocenters. The lowest BCUT2D eigenvalue weighted by atomic mass is 10.2. The van der Waals surface area contributed by atoms with Crippen LogP contribution in [0.1, 0.15) is 5.56 Å². The van der Waals surface area contributed by atoms with E-state index in [2.05, 4.69) is 15.8 Å². The number of halogens is 2. The third-order valence-electron chi connectivity index (χ3n) is 2.55. The van der Waals surface area contributed by atoms with Gasteiger partial charge in [-0.1, -0.05) is 41.4 Å². The normalized spacial score (nSPS) is 10.6. The Morgan fingerprint density at radius 2 is 1.86 bits per heavy atom. The molecular weight excluding hydrogens is 309 g/mol. The summed E-state index contributed by atoms with van der Waals surface area (Å²) in [5.74, 6) is -0.250. The van der Waals surface area contributed by atoms with Crippen molar-refractivity contribution in [3.8, 4) is 0 Å². The van der Waals surface area contributed by atoms with Crippen LogP contribution in [0.2, 0.25) is 10.0 Å². The zero-order valence-electron chi connectivity index (χ0n) is 11.0. The summed E-state index contributed by atoms with van der Waals surface area (Å²) >= 11 is 11.6. The Morgan fingerprint density at radius 3 is 2.57 bits per heavy atom. The minimum absolute atomic E-state index is 0.109. The molecule has 4 nitrogen and oxygen atoms in total. The number of nitrogens with one attached hydrogen (secondary N) is 2. The molecular formula is C15H13Cl2N3O. The summed E-state index contributed by atoms with van der Waals surface area (Å²) in [4.78, 5) is 11.6. The SMILES string of the molecule is O=C(CNc1cccc(Cl)c1)N/N=C/c1ccc(Cl)cc1. The molecule has 21 heavy (non-hydrogen) atoms. The van der Waals surface area contributed by atoms with Gasteiger partial charge in [0.25, 0.3) is 5.91 Å². The van der Waals surface area contributed by atoms with Crippen molar-refractivity contribution in [3.05, 3.63) is 64.1 Å². The Hall–Kier alpha value is -2.04. The Bertz CT molecular complexity index is 642. The minimum Gasteiger partial charge on any atom is -0.376 e. The molecule has 0 aliphatic carbocycles. The van der Waals surface area contributed by atoms with E-state index < -0.39 is 0 Å². The molecule has 2 N–H and O–H groups in total. The molecule has 0 aromatic heterocycles. The van der Waals surface area contributed by atoms with Crippen LogP contribution in [0.25, 0.3) is 0 Å². The summed E-state index contributed by atoms with van der Waals surface area (Å²) in [7, 11) is 0. The molecule has 2 aromatic rings. The second-order valence-electron chi connectivity index (χ2n) is 4.21. The first kappa shape index (κ1) is 15.4. The standard InChI is InChI=1S/C15H13Cl2N3O/c16-12-6-4-11(5-7-12)9-19-20-15(21)10-18-14-3-1-2-13(17)8-14/h1-9,18H,10H2,(H,20,21)/b19-9+. The van der Waals surface area contributed by atoms with Crippen molar-refractivity contribution < 1.29 is 4.79 Å². The van der Waals surface area contributed by atoms with Crippen molar-refractivity contribution in [2.24, 2.45) is 5.10 Å². The first-order chi connectivity index (χ1) is 10.1. The number of anilines is 1. The number of carbonyl (C=O) groups is 1. The lowest BCUT2D eigenvalue weighted by molar-refractivity contribution is -0.119. The first-order valence-corrected chi connectivity index (χ1v) is 6.96. The van der Waals surface area contributed by atoms with Crippen LogP contribution in [0.5, 0.6) is 0 Å². The van der Waals surface area contributed by atoms with Crippen molar-refractivity contribution in [1.82, 2.24) is 5.43 Å². The summed E-state index contributed by atoms with van der Waals surface area (Å²) < 4.78 is 0. The van der Waals surface area contributed by atoms with E-state index in [1.165, 1.54) is 0 Å². The van der Waals surface area contributed by atoms with Gasteiger partial charge in [0.15, 0.2) is 0 Å². The summed E-state index contributed by atoms with van der Waals surface area (Å²) in [5, 5.41) is 8.09. The molecule has 0 aliphatic heterocycles. The summed E-state index contributed by atoms with van der Waals surface area (Å²) in [6.45, 7) is 0.109. The lowest BCUT2D eigenvalue weighted by Gasteiger charge is -2.05. The molecule has 0 radical (unpaired) electrons. The average Bonchev–Trinajstić information content (AvgIpc) is 2.47. The fraction of sp³-hybridized carbons (Fsp3) is 0.0667. The maximum absolute atomic E-state index is 11.6. The molecule has 0 fully saturated rings. The zero-order valence-corrected chi connectivity index (χ0v) is 12.5. The monoisotopic (exact) mass is 321 g/mol. The maximum Gasteiger partial charge on any atom is 0.259 e. The van der Waals surface area contributed by atoms with Gasteiger partial charge in [0.1, 0.15) is 0 Å². The van der Waals surface area contributed by atoms with Crippen LogP contribution in [0, 0.1) is 0 Å². The van der Waals surface area contributed by atoms with Gasteiger partial charge in [-0.3, -0.25) is 4.79 Å². The fourth-order valence-electron chi connectivity index (χ4n) is 1.55. The summed E-state index contributed by atoms with van der Waals surface area (Å²) in [5.41, 5.74) is 4.06. The van der Waals surface area contributed by atoms with Gasteiger partial charge < -0.3 is 5.32 Å². The Morgan fingerprint density at radius 1 is 1.10 bits per heavy atom. The molecule has 6 heteroatoms. The fourth-order valence-corrected chi connectivity index (χ4v) is 1.86. The zero-order chi connectivity index (χ0) is 15.1. The van der Waals surface area contributed by atoms with E-state index in [9.17, 15) is 4.79 Å². The molecule has 0 atom stereocenters. The molecule has 0 spiro atoms. The third kappa shape index (κ3) is 5.45. The van der Waals surface area contributed by atoms with Gasteiger partial charge >= 0.3 is 0 Å². The van der Waals surface area contributed by atoms with E-state index in [1.807, 2.05) is 18.2 Å². The Labute approximate surface area is 132 Å². The van der Waals surface area contributed by atoms with E-state index in [1.54, 1.807) is 36.5 Å². The number of amides is 1. The van der Waals surface area contributed by atoms with Crippen molar-refractivity contribution in [2.45, 2.75) is 0 Å². The summed E-state index contributed by atoms with van der Waals surface area (Å²) in [6, 6.07) is 14.3. The topological polar surface area (TPSA) is 53.5 Å². The predicted molar refractivity (Wildman–Crippen MR) is 87.1 cm³/mol. The van der Waals surface area contributed by atoms with Crippen LogP contribution in [-0.2, 0) is 4.79 Å². The van der Waals surface area contributed by atoms with Crippen molar-refractivity contribution >= 4 is 41.0 Å². The molecule has 0 heterocycles. The number of hydrogen-bond donors (Lipinski definition) is 2. The highest BCUT2D eigenvalue weighted by Crippen LogP contribution is 2.14. The number of benzene rings is 2. The molecule has 0 saturated carbocycles. The van der Waals surface area contributed by atoms with Gasteiger partial charge in [-0.2, -0.15) is 5.10 Å². The lowest BCUT2D eigenvalue weighted by Crippen LogP contribution is -2.25. The van der Waals surface area contributed by atoms with E-state index >= 15 is 0 Å². The summed E-state index contributed by atoms with van der Waals surface area (Å²) in [6.07, 6.45) is 1.55. The van der Waals surface area contributed by atoms with Gasteiger partial charge in [-0.05, 0) is 35.9 Å². The second-order valence-corrected chi connectivity index (χ2v) is 5.08. The van der Waals surface area contributed by atoms with Crippen LogP contribution in [0.3, 0.4) is 0 Å². The molecule has 1 amide bonds. The van der Waals surface area contributed by atoms with Gasteiger partial charge in [-0.25, -0.2) is 5.43 Å². The number of rotatable bonds is 5. The Balaban J connectivity index is 1.78. The van der Waals surface area contributed by atoms with E-state index in [-0.39, 0.29) is 12.5 Å². The van der Waals surface area contributed by atoms with Gasteiger partial charge in [0.2, 0.25) is 0 Å². The highest BCUT2D eigenvalue weighted by molar-refractivity contribution is 6.31. The van der Waals surface area contributed by atoms with Crippen LogP contribution in [0.15, 0.2) is 53.6 Å². The second kappa shape index (κ2) is 7.67. The molecule has 2 rings (SSSR count). The van der Waals surface area contributed by atoms with Crippen LogP contribution >= 0.6 is 23.2 Å². The maximum atomic E-state index is 11.6. The van der Waals surface area contributed by atoms with Gasteiger partial charge in [0.05, 0.1) is 12.8 Å². The third-order valence-corrected chi connectivity index (χ3v) is 3.04. The molecule has 108 valence electrons. The van der Waals surface area contributed by atoms with E-state index in [4.69, 9.17) is 23.2 Å². The minimum atomic E-state index is -0.250. The highest BCUT2D eigenvalue weighted by atomic mass is 35.5. The van der Waals surface area contributed by atoms with E-state index in [0.29, 0.717) is 10.0 Å². The van der Waals surface area contributed by atoms with E-state index in [0.717, 1.165) is 11.3 Å². The van der Waals surface area contributed by atoms with Crippen molar-refractivity contribution in [3.63, 3.8) is 0 Å². The van der Waals surface area contributed by atoms with Gasteiger partial charge in [0, 0.05) is 15.7 Å². The number of nitrogens with zero attached hydrogens (tertiary/aromatic N) is 1. The number of hydrogen-bond acceptors (Lipinski definition) is 3. The first-order valence-electron chi connectivity index (χ1n) is 6.20. The molecule has 0 aliphatic rings. The van der Waals surface area contributed by atoms with Crippen LogP contribution in [0.4, 0.5) is 5.69 Å². The van der Waals surface area contributed by atoms with Crippen LogP contribution < -0.4 is 10.7 Å². The average molecular weight is 322 g/mol. The molecule has 2 aromatic carbocycles. The smallest absolute Gasteiger partial charge is 0.259 e. The highest BCUT2D eigenvalue weighted by Gasteiger charge is 1.99. The Kier molecular flexibility index (Phi) is 5.60. The van der Waals surface area contributed by atoms with Crippen molar-refractivity contribution in [1.29, 1.82) is 0 Å². The number of hydrazone groups is 1. The van der Waals surface area contributed by atoms with Gasteiger partial charge in [-0.15, -0.1) is 0 Å². The quantitative estimate of drug-likeness (QED) is 0.653. The number of carbonyl (C=O) groups excluding carboxylic acids is 1. The largest absolute Gasteiger partial charge is 0.376 e. The predicted octanol–water partition coefficient (Wildman–Crippen LogP) is 3.56. The van der Waals surface area contributed by atoms with Crippen LogP contribution in [-0.4, -0.2) is 18.7 Å². The molecule has 0 saturated heterocycles. The molecule has 0 bridgehead atoms. The van der Waals surface area contributed by atoms with Crippen molar-refractivity contribution in [2.75, 3.05) is 11.9 Å².